The number of phenols is 1. The maximum absolute atomic E-state index is 14.2. The van der Waals surface area contributed by atoms with E-state index >= 15 is 0 Å². The van der Waals surface area contributed by atoms with Gasteiger partial charge in [-0.05, 0) is 85.7 Å². The maximum atomic E-state index is 14.2. The lowest BCUT2D eigenvalue weighted by atomic mass is 9.57. The van der Waals surface area contributed by atoms with E-state index in [1.54, 1.807) is 54.6 Å². The van der Waals surface area contributed by atoms with Crippen molar-refractivity contribution in [2.75, 3.05) is 9.80 Å². The van der Waals surface area contributed by atoms with Crippen molar-refractivity contribution in [2.45, 2.75) is 32.6 Å². The highest BCUT2D eigenvalue weighted by atomic mass is 35.5. The Labute approximate surface area is 258 Å². The molecular weight excluding hydrogens is 587 g/mol. The van der Waals surface area contributed by atoms with E-state index in [0.717, 1.165) is 16.7 Å². The van der Waals surface area contributed by atoms with Gasteiger partial charge in [-0.15, -0.1) is 0 Å². The van der Waals surface area contributed by atoms with E-state index in [9.17, 15) is 24.3 Å². The van der Waals surface area contributed by atoms with E-state index in [2.05, 4.69) is 0 Å². The molecule has 1 N–H and O–H groups in total. The summed E-state index contributed by atoms with van der Waals surface area (Å²) in [6.45, 7) is 3.70. The number of benzene rings is 3. The Morgan fingerprint density at radius 3 is 1.86 bits per heavy atom. The van der Waals surface area contributed by atoms with Crippen LogP contribution in [0.15, 0.2) is 72.3 Å². The van der Waals surface area contributed by atoms with Gasteiger partial charge in [0.1, 0.15) is 5.75 Å². The summed E-state index contributed by atoms with van der Waals surface area (Å²) in [5, 5.41) is 11.3. The highest BCUT2D eigenvalue weighted by molar-refractivity contribution is 6.33. The van der Waals surface area contributed by atoms with Crippen LogP contribution in [0.25, 0.3) is 0 Å². The second kappa shape index (κ2) is 10.1. The van der Waals surface area contributed by atoms with Gasteiger partial charge in [0, 0.05) is 16.0 Å². The van der Waals surface area contributed by atoms with Crippen LogP contribution in [0, 0.1) is 43.4 Å². The lowest BCUT2D eigenvalue weighted by molar-refractivity contribution is -0.126. The molecule has 0 unspecified atom stereocenters. The largest absolute Gasteiger partial charge is 0.508 e. The molecule has 9 heteroatoms. The highest BCUT2D eigenvalue weighted by Gasteiger charge is 2.62. The fourth-order valence-corrected chi connectivity index (χ4v) is 7.98. The van der Waals surface area contributed by atoms with Crippen LogP contribution in [0.1, 0.15) is 35.4 Å². The van der Waals surface area contributed by atoms with E-state index in [0.29, 0.717) is 33.4 Å². The van der Waals surface area contributed by atoms with Gasteiger partial charge >= 0.3 is 0 Å². The van der Waals surface area contributed by atoms with Crippen LogP contribution in [0.3, 0.4) is 0 Å². The number of allylic oxidation sites excluding steroid dienone is 2. The number of amides is 4. The molecular formula is C34H28Cl2N2O5. The molecule has 1 saturated carbocycles. The number of aromatic hydroxyl groups is 1. The molecule has 6 atom stereocenters. The maximum Gasteiger partial charge on any atom is 0.238 e. The van der Waals surface area contributed by atoms with Gasteiger partial charge in [0.25, 0.3) is 0 Å². The van der Waals surface area contributed by atoms with Crippen LogP contribution in [0.2, 0.25) is 10.0 Å². The topological polar surface area (TPSA) is 95.0 Å². The molecule has 2 saturated heterocycles. The number of hydrogen-bond donors (Lipinski definition) is 1. The standard InChI is InChI=1S/C34H28Cl2N2O5/c1-16-6-8-19(13-26(16)35)37-31(40)23-11-10-22-24(29(23)33(37)42)15-25-30(28(22)18-4-3-5-21(39)12-18)34(43)38(32(25)41)20-9-7-17(2)27(36)14-20/h3-10,12-14,23-25,28-30,39H,11,15H2,1-2H3/t23-,24+,25+,28-,29-,30+/m0/s1. The number of phenolic OH excluding ortho intramolecular Hbond substituents is 1. The summed E-state index contributed by atoms with van der Waals surface area (Å²) in [6.07, 6.45) is 2.58. The van der Waals surface area contributed by atoms with E-state index in [-0.39, 0.29) is 35.8 Å². The van der Waals surface area contributed by atoms with Gasteiger partial charge in [-0.2, -0.15) is 0 Å². The summed E-state index contributed by atoms with van der Waals surface area (Å²) in [5.41, 5.74) is 4.04. The first kappa shape index (κ1) is 27.9. The second-order valence-electron chi connectivity index (χ2n) is 12.0. The quantitative estimate of drug-likeness (QED) is 0.273. The summed E-state index contributed by atoms with van der Waals surface area (Å²) in [4.78, 5) is 58.5. The zero-order chi connectivity index (χ0) is 30.3. The smallest absolute Gasteiger partial charge is 0.238 e. The van der Waals surface area contributed by atoms with Crippen molar-refractivity contribution in [3.05, 3.63) is 99.0 Å². The summed E-state index contributed by atoms with van der Waals surface area (Å²) < 4.78 is 0. The lowest BCUT2D eigenvalue weighted by Crippen LogP contribution is -2.43. The number of anilines is 2. The molecule has 7 rings (SSSR count). The first-order chi connectivity index (χ1) is 20.6. The number of nitrogens with zero attached hydrogens (tertiary/aromatic N) is 2. The van der Waals surface area contributed by atoms with Crippen LogP contribution >= 0.6 is 23.2 Å². The first-order valence-electron chi connectivity index (χ1n) is 14.3. The van der Waals surface area contributed by atoms with Crippen LogP contribution < -0.4 is 9.80 Å². The molecule has 0 spiro atoms. The van der Waals surface area contributed by atoms with Gasteiger partial charge in [-0.3, -0.25) is 19.2 Å². The van der Waals surface area contributed by atoms with E-state index in [1.807, 2.05) is 26.0 Å². The van der Waals surface area contributed by atoms with Crippen molar-refractivity contribution in [3.8, 4) is 5.75 Å². The third kappa shape index (κ3) is 4.16. The Morgan fingerprint density at radius 2 is 1.28 bits per heavy atom. The average Bonchev–Trinajstić information content (AvgIpc) is 3.38. The molecule has 7 nitrogen and oxygen atoms in total. The number of imide groups is 2. The fraction of sp³-hybridized carbons (Fsp3) is 0.294. The van der Waals surface area contributed by atoms with Crippen molar-refractivity contribution < 1.29 is 24.3 Å². The Morgan fingerprint density at radius 1 is 0.698 bits per heavy atom. The molecule has 0 aromatic heterocycles. The molecule has 43 heavy (non-hydrogen) atoms. The summed E-state index contributed by atoms with van der Waals surface area (Å²) in [5.74, 6) is -4.95. The van der Waals surface area contributed by atoms with Crippen LogP contribution in [0.5, 0.6) is 5.75 Å². The Kier molecular flexibility index (Phi) is 6.52. The van der Waals surface area contributed by atoms with Crippen molar-refractivity contribution in [2.24, 2.45) is 29.6 Å². The van der Waals surface area contributed by atoms with E-state index < -0.39 is 35.5 Å². The molecule has 0 radical (unpaired) electrons. The predicted octanol–water partition coefficient (Wildman–Crippen LogP) is 6.36. The van der Waals surface area contributed by atoms with Crippen LogP contribution in [-0.4, -0.2) is 28.7 Å². The molecule has 3 aromatic carbocycles. The zero-order valence-electron chi connectivity index (χ0n) is 23.5. The van der Waals surface area contributed by atoms with E-state index in [4.69, 9.17) is 23.2 Å². The molecule has 4 aliphatic rings. The highest BCUT2D eigenvalue weighted by Crippen LogP contribution is 2.58. The van der Waals surface area contributed by atoms with Gasteiger partial charge in [0.05, 0.1) is 35.0 Å². The molecule has 2 aliphatic heterocycles. The third-order valence-corrected chi connectivity index (χ3v) is 10.5. The molecule has 3 aromatic rings. The SMILES string of the molecule is Cc1ccc(N2C(=O)[C@H]3[C@H](CC=C4[C@H]3C[C@H]3C(=O)N(c5ccc(C)c(Cl)c5)C(=O)[C@H]3[C@H]4c3cccc(O)c3)C2=O)cc1Cl. The molecule has 4 amide bonds. The average molecular weight is 616 g/mol. The second-order valence-corrected chi connectivity index (χ2v) is 12.8. The van der Waals surface area contributed by atoms with Crippen molar-refractivity contribution in [1.29, 1.82) is 0 Å². The summed E-state index contributed by atoms with van der Waals surface area (Å²) in [6, 6.07) is 17.0. The number of aryl methyl sites for hydroxylation is 2. The van der Waals surface area contributed by atoms with Crippen LogP contribution in [-0.2, 0) is 19.2 Å². The molecule has 0 bridgehead atoms. The number of hydrogen-bond acceptors (Lipinski definition) is 5. The van der Waals surface area contributed by atoms with Crippen molar-refractivity contribution >= 4 is 58.2 Å². The predicted molar refractivity (Wildman–Crippen MR) is 163 cm³/mol. The van der Waals surface area contributed by atoms with Gasteiger partial charge in [-0.25, -0.2) is 9.80 Å². The number of fused-ring (bicyclic) bond motifs is 4. The van der Waals surface area contributed by atoms with Crippen molar-refractivity contribution in [1.82, 2.24) is 0 Å². The van der Waals surface area contributed by atoms with Crippen LogP contribution in [0.4, 0.5) is 11.4 Å². The Hall–Kier alpha value is -3.94. The van der Waals surface area contributed by atoms with Crippen molar-refractivity contribution in [3.63, 3.8) is 0 Å². The molecule has 3 fully saturated rings. The number of rotatable bonds is 3. The first-order valence-corrected chi connectivity index (χ1v) is 15.1. The molecule has 2 heterocycles. The molecule has 2 aliphatic carbocycles. The van der Waals surface area contributed by atoms with E-state index in [1.165, 1.54) is 9.80 Å². The van der Waals surface area contributed by atoms with Gasteiger partial charge in [0.2, 0.25) is 23.6 Å². The minimum Gasteiger partial charge on any atom is -0.508 e. The minimum atomic E-state index is -0.729. The monoisotopic (exact) mass is 614 g/mol. The number of halogens is 2. The number of carbonyl (C=O) groups excluding carboxylic acids is 4. The Balaban J connectivity index is 1.33. The summed E-state index contributed by atoms with van der Waals surface area (Å²) >= 11 is 12.7. The lowest BCUT2D eigenvalue weighted by Gasteiger charge is -2.44. The van der Waals surface area contributed by atoms with Gasteiger partial charge < -0.3 is 5.11 Å². The summed E-state index contributed by atoms with van der Waals surface area (Å²) in [7, 11) is 0. The third-order valence-electron chi connectivity index (χ3n) is 9.71. The normalized spacial score (nSPS) is 28.1. The minimum absolute atomic E-state index is 0.0407. The number of carbonyl (C=O) groups is 4. The fourth-order valence-electron chi connectivity index (χ4n) is 7.63. The van der Waals surface area contributed by atoms with Gasteiger partial charge in [-0.1, -0.05) is 59.1 Å². The Bertz CT molecular complexity index is 1780. The molecule has 218 valence electrons. The zero-order valence-corrected chi connectivity index (χ0v) is 25.0. The van der Waals surface area contributed by atoms with Gasteiger partial charge in [0.15, 0.2) is 0 Å².